The Labute approximate surface area is 101 Å². The summed E-state index contributed by atoms with van der Waals surface area (Å²) in [6, 6.07) is 6.58. The van der Waals surface area contributed by atoms with Crippen molar-refractivity contribution in [1.29, 1.82) is 0 Å². The summed E-state index contributed by atoms with van der Waals surface area (Å²) in [5.41, 5.74) is 0.280. The Balaban J connectivity index is 2.37. The minimum absolute atomic E-state index is 0.119. The number of rotatable bonds is 2. The maximum Gasteiger partial charge on any atom is 0.228 e. The van der Waals surface area contributed by atoms with E-state index in [9.17, 15) is 9.18 Å². The Kier molecular flexibility index (Phi) is 2.94. The molecule has 2 atom stereocenters. The molecule has 0 aromatic heterocycles. The quantitative estimate of drug-likeness (QED) is 0.771. The van der Waals surface area contributed by atoms with Crippen LogP contribution in [0.4, 0.5) is 4.39 Å². The van der Waals surface area contributed by atoms with Crippen LogP contribution < -0.4 is 0 Å². The second-order valence-corrected chi connectivity index (χ2v) is 5.07. The van der Waals surface area contributed by atoms with Gasteiger partial charge in [-0.25, -0.2) is 4.39 Å². The van der Waals surface area contributed by atoms with Crippen molar-refractivity contribution >= 4 is 5.91 Å². The zero-order chi connectivity index (χ0) is 12.6. The lowest BCUT2D eigenvalue weighted by atomic mass is 9.83. The summed E-state index contributed by atoms with van der Waals surface area (Å²) in [5, 5.41) is 0. The number of halogens is 1. The summed E-state index contributed by atoms with van der Waals surface area (Å²) in [7, 11) is 1.76. The molecule has 1 fully saturated rings. The summed E-state index contributed by atoms with van der Waals surface area (Å²) >= 11 is 0. The highest BCUT2D eigenvalue weighted by Crippen LogP contribution is 2.45. The maximum atomic E-state index is 13.8. The lowest BCUT2D eigenvalue weighted by Crippen LogP contribution is -2.30. The predicted molar refractivity (Wildman–Crippen MR) is 64.9 cm³/mol. The minimum atomic E-state index is -0.346. The van der Waals surface area contributed by atoms with Crippen LogP contribution in [0.1, 0.15) is 38.3 Å². The molecular formula is C14H18FNO. The van der Waals surface area contributed by atoms with Crippen molar-refractivity contribution in [1.82, 2.24) is 4.90 Å². The molecule has 0 bridgehead atoms. The van der Waals surface area contributed by atoms with Gasteiger partial charge in [-0.15, -0.1) is 0 Å². The molecule has 0 spiro atoms. The molecule has 0 aliphatic carbocycles. The maximum absolute atomic E-state index is 13.8. The van der Waals surface area contributed by atoms with E-state index < -0.39 is 0 Å². The largest absolute Gasteiger partial charge is 0.338 e. The topological polar surface area (TPSA) is 20.3 Å². The summed E-state index contributed by atoms with van der Waals surface area (Å²) < 4.78 is 13.8. The van der Waals surface area contributed by atoms with E-state index in [0.717, 1.165) is 6.42 Å². The monoisotopic (exact) mass is 235 g/mol. The van der Waals surface area contributed by atoms with Crippen LogP contribution >= 0.6 is 0 Å². The molecule has 0 radical (unpaired) electrons. The molecular weight excluding hydrogens is 217 g/mol. The molecule has 17 heavy (non-hydrogen) atoms. The van der Waals surface area contributed by atoms with Crippen LogP contribution in [0.5, 0.6) is 0 Å². The minimum Gasteiger partial charge on any atom is -0.338 e. The van der Waals surface area contributed by atoms with Gasteiger partial charge >= 0.3 is 0 Å². The zero-order valence-electron chi connectivity index (χ0n) is 10.5. The summed E-state index contributed by atoms with van der Waals surface area (Å²) in [6.45, 7) is 3.97. The number of hydrogen-bond acceptors (Lipinski definition) is 1. The van der Waals surface area contributed by atoms with Crippen LogP contribution in [0.2, 0.25) is 0 Å². The van der Waals surface area contributed by atoms with Gasteiger partial charge in [-0.05, 0) is 18.9 Å². The van der Waals surface area contributed by atoms with Crippen molar-refractivity contribution in [2.75, 3.05) is 7.05 Å². The highest BCUT2D eigenvalue weighted by atomic mass is 19.1. The third-order valence-corrected chi connectivity index (χ3v) is 3.99. The molecule has 1 amide bonds. The highest BCUT2D eigenvalue weighted by molar-refractivity contribution is 5.85. The van der Waals surface area contributed by atoms with E-state index >= 15 is 0 Å². The van der Waals surface area contributed by atoms with Gasteiger partial charge in [-0.1, -0.05) is 32.0 Å². The summed E-state index contributed by atoms with van der Waals surface area (Å²) in [6.07, 6.45) is 1.49. The number of carbonyl (C=O) groups is 1. The molecule has 2 unspecified atom stereocenters. The van der Waals surface area contributed by atoms with Crippen molar-refractivity contribution in [2.45, 2.75) is 32.7 Å². The normalized spacial score (nSPS) is 28.8. The molecule has 0 N–H and O–H groups in total. The molecule has 1 aliphatic rings. The number of benzene rings is 1. The van der Waals surface area contributed by atoms with Gasteiger partial charge in [0.05, 0.1) is 6.04 Å². The van der Waals surface area contributed by atoms with Gasteiger partial charge in [-0.3, -0.25) is 4.79 Å². The Morgan fingerprint density at radius 1 is 1.47 bits per heavy atom. The zero-order valence-corrected chi connectivity index (χ0v) is 10.5. The molecule has 2 nitrogen and oxygen atoms in total. The second-order valence-electron chi connectivity index (χ2n) is 5.07. The Morgan fingerprint density at radius 2 is 2.12 bits per heavy atom. The first-order chi connectivity index (χ1) is 7.99. The number of amides is 1. The number of likely N-dealkylation sites (tertiary alicyclic amines) is 1. The number of nitrogens with zero attached hydrogens (tertiary/aromatic N) is 1. The van der Waals surface area contributed by atoms with Crippen LogP contribution in [-0.4, -0.2) is 17.9 Å². The first-order valence-electron chi connectivity index (χ1n) is 6.01. The Morgan fingerprint density at radius 3 is 2.65 bits per heavy atom. The molecule has 1 aromatic carbocycles. The van der Waals surface area contributed by atoms with Gasteiger partial charge in [-0.2, -0.15) is 0 Å². The van der Waals surface area contributed by atoms with Crippen LogP contribution in [0.25, 0.3) is 0 Å². The van der Waals surface area contributed by atoms with Gasteiger partial charge in [0, 0.05) is 18.0 Å². The van der Waals surface area contributed by atoms with E-state index in [0.29, 0.717) is 12.0 Å². The fraction of sp³-hybridized carbons (Fsp3) is 0.500. The van der Waals surface area contributed by atoms with E-state index in [1.807, 2.05) is 19.9 Å². The predicted octanol–water partition coefficient (Wildman–Crippen LogP) is 3.15. The SMILES string of the molecule is CCC1(C)CC(c2ccccc2F)N(C)C1=O. The van der Waals surface area contributed by atoms with E-state index in [2.05, 4.69) is 0 Å². The molecule has 2 rings (SSSR count). The number of hydrogen-bond donors (Lipinski definition) is 0. The third kappa shape index (κ3) is 1.84. The van der Waals surface area contributed by atoms with Gasteiger partial charge in [0.15, 0.2) is 0 Å². The third-order valence-electron chi connectivity index (χ3n) is 3.99. The Bertz CT molecular complexity index is 446. The van der Waals surface area contributed by atoms with Crippen LogP contribution in [0.15, 0.2) is 24.3 Å². The van der Waals surface area contributed by atoms with Crippen molar-refractivity contribution in [3.63, 3.8) is 0 Å². The first kappa shape index (κ1) is 12.1. The van der Waals surface area contributed by atoms with Gasteiger partial charge in [0.1, 0.15) is 5.82 Å². The standard InChI is InChI=1S/C14H18FNO/c1-4-14(2)9-12(16(3)13(14)17)10-7-5-6-8-11(10)15/h5-8,12H,4,9H2,1-3H3. The first-order valence-corrected chi connectivity index (χ1v) is 6.01. The lowest BCUT2D eigenvalue weighted by Gasteiger charge is -2.20. The van der Waals surface area contributed by atoms with Crippen molar-refractivity contribution in [3.05, 3.63) is 35.6 Å². The summed E-state index contributed by atoms with van der Waals surface area (Å²) in [5.74, 6) is -0.106. The fourth-order valence-corrected chi connectivity index (χ4v) is 2.58. The second kappa shape index (κ2) is 4.13. The van der Waals surface area contributed by atoms with E-state index in [-0.39, 0.29) is 23.2 Å². The van der Waals surface area contributed by atoms with Crippen molar-refractivity contribution < 1.29 is 9.18 Å². The molecule has 1 aromatic rings. The van der Waals surface area contributed by atoms with E-state index in [1.54, 1.807) is 24.1 Å². The highest BCUT2D eigenvalue weighted by Gasteiger charge is 2.46. The van der Waals surface area contributed by atoms with E-state index in [4.69, 9.17) is 0 Å². The molecule has 1 saturated heterocycles. The van der Waals surface area contributed by atoms with Crippen LogP contribution in [0, 0.1) is 11.2 Å². The smallest absolute Gasteiger partial charge is 0.228 e. The summed E-state index contributed by atoms with van der Waals surface area (Å²) in [4.78, 5) is 13.8. The molecule has 1 heterocycles. The van der Waals surface area contributed by atoms with Crippen LogP contribution in [0.3, 0.4) is 0 Å². The van der Waals surface area contributed by atoms with E-state index in [1.165, 1.54) is 6.07 Å². The van der Waals surface area contributed by atoms with Gasteiger partial charge in [0.2, 0.25) is 5.91 Å². The van der Waals surface area contributed by atoms with Crippen molar-refractivity contribution in [2.24, 2.45) is 5.41 Å². The molecule has 3 heteroatoms. The lowest BCUT2D eigenvalue weighted by molar-refractivity contribution is -0.135. The molecule has 0 saturated carbocycles. The molecule has 92 valence electrons. The van der Waals surface area contributed by atoms with Crippen LogP contribution in [-0.2, 0) is 4.79 Å². The molecule has 1 aliphatic heterocycles. The average molecular weight is 235 g/mol. The van der Waals surface area contributed by atoms with Crippen molar-refractivity contribution in [3.8, 4) is 0 Å². The van der Waals surface area contributed by atoms with Gasteiger partial charge < -0.3 is 4.90 Å². The number of carbonyl (C=O) groups excluding carboxylic acids is 1. The fourth-order valence-electron chi connectivity index (χ4n) is 2.58. The van der Waals surface area contributed by atoms with Gasteiger partial charge in [0.25, 0.3) is 0 Å². The Hall–Kier alpha value is -1.38. The average Bonchev–Trinajstić information content (AvgIpc) is 2.56.